The second-order valence-electron chi connectivity index (χ2n) is 7.86. The fourth-order valence-electron chi connectivity index (χ4n) is 3.27. The van der Waals surface area contributed by atoms with E-state index in [2.05, 4.69) is 20.9 Å². The third-order valence-corrected chi connectivity index (χ3v) is 5.01. The van der Waals surface area contributed by atoms with Crippen molar-refractivity contribution in [1.82, 2.24) is 20.9 Å². The van der Waals surface area contributed by atoms with Crippen LogP contribution in [0.1, 0.15) is 25.8 Å². The number of pyridine rings is 1. The Morgan fingerprint density at radius 2 is 1.75 bits per heavy atom. The van der Waals surface area contributed by atoms with Crippen LogP contribution >= 0.6 is 0 Å². The maximum Gasteiger partial charge on any atom is 0.315 e. The van der Waals surface area contributed by atoms with E-state index in [0.717, 1.165) is 22.2 Å². The molecule has 168 valence electrons. The molecule has 7 heteroatoms. The minimum atomic E-state index is -0.617. The van der Waals surface area contributed by atoms with Crippen LogP contribution in [0, 0.1) is 5.92 Å². The third-order valence-electron chi connectivity index (χ3n) is 5.01. The van der Waals surface area contributed by atoms with Crippen molar-refractivity contribution in [1.29, 1.82) is 0 Å². The molecule has 0 bridgehead atoms. The highest BCUT2D eigenvalue weighted by atomic mass is 16.5. The first-order chi connectivity index (χ1) is 15.5. The number of para-hydroxylation sites is 1. The van der Waals surface area contributed by atoms with Gasteiger partial charge in [0, 0.05) is 24.7 Å². The summed E-state index contributed by atoms with van der Waals surface area (Å²) >= 11 is 0. The number of urea groups is 1. The summed E-state index contributed by atoms with van der Waals surface area (Å²) in [6, 6.07) is 18.3. The van der Waals surface area contributed by atoms with Crippen molar-refractivity contribution in [3.05, 3.63) is 72.4 Å². The minimum absolute atomic E-state index is 0.0458. The maximum atomic E-state index is 12.6. The van der Waals surface area contributed by atoms with Gasteiger partial charge in [0.15, 0.2) is 0 Å². The first-order valence-corrected chi connectivity index (χ1v) is 10.9. The summed E-state index contributed by atoms with van der Waals surface area (Å²) in [5.41, 5.74) is 1.82. The Morgan fingerprint density at radius 3 is 2.53 bits per heavy atom. The average Bonchev–Trinajstić information content (AvgIpc) is 2.81. The number of nitrogens with one attached hydrogen (secondary N) is 3. The average molecular weight is 435 g/mol. The molecule has 32 heavy (non-hydrogen) atoms. The van der Waals surface area contributed by atoms with Gasteiger partial charge in [0.25, 0.3) is 0 Å². The van der Waals surface area contributed by atoms with Crippen LogP contribution in [0.25, 0.3) is 10.9 Å². The Hall–Kier alpha value is -3.61. The lowest BCUT2D eigenvalue weighted by molar-refractivity contribution is -0.123. The van der Waals surface area contributed by atoms with Gasteiger partial charge in [-0.25, -0.2) is 4.79 Å². The van der Waals surface area contributed by atoms with Crippen molar-refractivity contribution >= 4 is 22.8 Å². The molecule has 3 N–H and O–H groups in total. The Morgan fingerprint density at radius 1 is 0.969 bits per heavy atom. The number of benzene rings is 2. The van der Waals surface area contributed by atoms with Crippen molar-refractivity contribution in [2.75, 3.05) is 13.2 Å². The second kappa shape index (κ2) is 11.7. The van der Waals surface area contributed by atoms with Crippen molar-refractivity contribution in [2.45, 2.75) is 32.9 Å². The molecule has 1 aromatic heterocycles. The molecule has 0 spiro atoms. The van der Waals surface area contributed by atoms with Gasteiger partial charge in [-0.05, 0) is 30.0 Å². The zero-order valence-corrected chi connectivity index (χ0v) is 18.5. The molecule has 3 rings (SSSR count). The van der Waals surface area contributed by atoms with Gasteiger partial charge in [-0.15, -0.1) is 0 Å². The van der Waals surface area contributed by atoms with Crippen LogP contribution in [-0.4, -0.2) is 36.1 Å². The quantitative estimate of drug-likeness (QED) is 0.425. The number of rotatable bonds is 10. The standard InChI is InChI=1S/C25H30N4O3/c1-18(2)22(29-25(31)28-17-19-9-4-3-5-10-19)24(30)27-15-8-16-32-21-13-6-11-20-12-7-14-26-23(20)21/h3-7,9-14,18,22H,8,15-17H2,1-2H3,(H,27,30)(H2,28,29,31). The van der Waals surface area contributed by atoms with Crippen LogP contribution in [0.4, 0.5) is 4.79 Å². The number of carbonyl (C=O) groups is 2. The van der Waals surface area contributed by atoms with Crippen molar-refractivity contribution in [3.8, 4) is 5.75 Å². The van der Waals surface area contributed by atoms with Gasteiger partial charge in [-0.3, -0.25) is 9.78 Å². The zero-order valence-electron chi connectivity index (χ0n) is 18.5. The highest BCUT2D eigenvalue weighted by Crippen LogP contribution is 2.22. The molecular weight excluding hydrogens is 404 g/mol. The van der Waals surface area contributed by atoms with Crippen LogP contribution in [0.2, 0.25) is 0 Å². The molecule has 0 aliphatic carbocycles. The topological polar surface area (TPSA) is 92.4 Å². The van der Waals surface area contributed by atoms with E-state index in [4.69, 9.17) is 4.74 Å². The van der Waals surface area contributed by atoms with Gasteiger partial charge in [-0.1, -0.05) is 62.4 Å². The number of aromatic nitrogens is 1. The molecule has 0 saturated carbocycles. The second-order valence-corrected chi connectivity index (χ2v) is 7.86. The Bertz CT molecular complexity index is 1020. The summed E-state index contributed by atoms with van der Waals surface area (Å²) in [4.78, 5) is 29.2. The van der Waals surface area contributed by atoms with E-state index in [9.17, 15) is 9.59 Å². The molecule has 3 amide bonds. The molecule has 1 heterocycles. The van der Waals surface area contributed by atoms with E-state index >= 15 is 0 Å². The monoisotopic (exact) mass is 434 g/mol. The van der Waals surface area contributed by atoms with Crippen LogP contribution in [0.3, 0.4) is 0 Å². The Balaban J connectivity index is 1.41. The van der Waals surface area contributed by atoms with Crippen LogP contribution in [0.5, 0.6) is 5.75 Å². The smallest absolute Gasteiger partial charge is 0.315 e. The van der Waals surface area contributed by atoms with E-state index in [0.29, 0.717) is 26.1 Å². The Kier molecular flexibility index (Phi) is 8.43. The van der Waals surface area contributed by atoms with E-state index in [-0.39, 0.29) is 17.9 Å². The van der Waals surface area contributed by atoms with Gasteiger partial charge < -0.3 is 20.7 Å². The largest absolute Gasteiger partial charge is 0.491 e. The fraction of sp³-hybridized carbons (Fsp3) is 0.320. The van der Waals surface area contributed by atoms with E-state index in [1.807, 2.05) is 74.5 Å². The van der Waals surface area contributed by atoms with Gasteiger partial charge in [0.1, 0.15) is 17.3 Å². The number of nitrogens with zero attached hydrogens (tertiary/aromatic N) is 1. The SMILES string of the molecule is CC(C)C(NC(=O)NCc1ccccc1)C(=O)NCCCOc1cccc2cccnc12. The number of amides is 3. The molecule has 0 aliphatic rings. The van der Waals surface area contributed by atoms with Crippen molar-refractivity contribution in [3.63, 3.8) is 0 Å². The summed E-state index contributed by atoms with van der Waals surface area (Å²) in [5, 5.41) is 9.48. The molecule has 1 atom stereocenters. The summed E-state index contributed by atoms with van der Waals surface area (Å²) in [6.07, 6.45) is 2.38. The number of hydrogen-bond donors (Lipinski definition) is 3. The van der Waals surface area contributed by atoms with Crippen LogP contribution in [-0.2, 0) is 11.3 Å². The van der Waals surface area contributed by atoms with E-state index < -0.39 is 6.04 Å². The molecule has 0 radical (unpaired) electrons. The lowest BCUT2D eigenvalue weighted by Gasteiger charge is -2.22. The van der Waals surface area contributed by atoms with Gasteiger partial charge in [-0.2, -0.15) is 0 Å². The molecule has 1 unspecified atom stereocenters. The van der Waals surface area contributed by atoms with E-state index in [1.54, 1.807) is 6.20 Å². The zero-order chi connectivity index (χ0) is 22.8. The summed E-state index contributed by atoms with van der Waals surface area (Å²) in [7, 11) is 0. The molecule has 0 aliphatic heterocycles. The Labute approximate surface area is 188 Å². The first-order valence-electron chi connectivity index (χ1n) is 10.9. The lowest BCUT2D eigenvalue weighted by Crippen LogP contribution is -2.52. The van der Waals surface area contributed by atoms with Gasteiger partial charge in [0.2, 0.25) is 5.91 Å². The summed E-state index contributed by atoms with van der Waals surface area (Å²) in [6.45, 7) is 5.11. The van der Waals surface area contributed by atoms with Crippen molar-refractivity contribution < 1.29 is 14.3 Å². The van der Waals surface area contributed by atoms with Crippen LogP contribution < -0.4 is 20.7 Å². The number of hydrogen-bond acceptors (Lipinski definition) is 4. The molecule has 3 aromatic rings. The first kappa shape index (κ1) is 23.1. The molecule has 2 aromatic carbocycles. The third kappa shape index (κ3) is 6.70. The summed E-state index contributed by atoms with van der Waals surface area (Å²) in [5.74, 6) is 0.475. The molecule has 0 saturated heterocycles. The lowest BCUT2D eigenvalue weighted by atomic mass is 10.0. The number of carbonyl (C=O) groups excluding carboxylic acids is 2. The normalized spacial score (nSPS) is 11.7. The molecular formula is C25H30N4O3. The maximum absolute atomic E-state index is 12.6. The highest BCUT2D eigenvalue weighted by Gasteiger charge is 2.23. The molecule has 7 nitrogen and oxygen atoms in total. The van der Waals surface area contributed by atoms with Crippen LogP contribution in [0.15, 0.2) is 66.9 Å². The molecule has 0 fully saturated rings. The minimum Gasteiger partial charge on any atom is -0.491 e. The predicted octanol–water partition coefficient (Wildman–Crippen LogP) is 3.64. The summed E-state index contributed by atoms with van der Waals surface area (Å²) < 4.78 is 5.85. The predicted molar refractivity (Wildman–Crippen MR) is 125 cm³/mol. The van der Waals surface area contributed by atoms with Gasteiger partial charge in [0.05, 0.1) is 6.61 Å². The number of fused-ring (bicyclic) bond motifs is 1. The fourth-order valence-corrected chi connectivity index (χ4v) is 3.27. The number of ether oxygens (including phenoxy) is 1. The van der Waals surface area contributed by atoms with Gasteiger partial charge >= 0.3 is 6.03 Å². The highest BCUT2D eigenvalue weighted by molar-refractivity contribution is 5.87. The van der Waals surface area contributed by atoms with Crippen molar-refractivity contribution in [2.24, 2.45) is 5.92 Å². The van der Waals surface area contributed by atoms with E-state index in [1.165, 1.54) is 0 Å².